The molecule has 0 radical (unpaired) electrons. The lowest BCUT2D eigenvalue weighted by molar-refractivity contribution is -0.137. The molecule has 2 aromatic rings. The number of hydrogen-bond donors (Lipinski definition) is 2. The fourth-order valence-corrected chi connectivity index (χ4v) is 1.64. The number of aromatic nitrogens is 3. The second-order valence-corrected chi connectivity index (χ2v) is 4.45. The lowest BCUT2D eigenvalue weighted by atomic mass is 10.1. The number of hydrogen-bond acceptors (Lipinski definition) is 4. The Hall–Kier alpha value is -2.70. The number of aliphatic carboxylic acids is 1. The number of aryl methyl sites for hydroxylation is 2. The van der Waals surface area contributed by atoms with Crippen molar-refractivity contribution in [3.8, 4) is 0 Å². The molecule has 0 saturated heterocycles. The second kappa shape index (κ2) is 5.52. The Balaban J connectivity index is 2.09. The topological polar surface area (TPSA) is 97.1 Å². The quantitative estimate of drug-likeness (QED) is 0.874. The van der Waals surface area contributed by atoms with Gasteiger partial charge in [0.1, 0.15) is 6.54 Å². The van der Waals surface area contributed by atoms with E-state index in [4.69, 9.17) is 5.11 Å². The first kappa shape index (κ1) is 13.7. The van der Waals surface area contributed by atoms with Gasteiger partial charge in [-0.05, 0) is 37.1 Å². The van der Waals surface area contributed by atoms with Crippen LogP contribution in [-0.2, 0) is 11.3 Å². The molecule has 0 unspecified atom stereocenters. The van der Waals surface area contributed by atoms with Crippen LogP contribution >= 0.6 is 0 Å². The van der Waals surface area contributed by atoms with Crippen LogP contribution in [0.1, 0.15) is 21.5 Å². The molecule has 1 heterocycles. The van der Waals surface area contributed by atoms with Crippen molar-refractivity contribution in [3.63, 3.8) is 0 Å². The number of carbonyl (C=O) groups is 2. The van der Waals surface area contributed by atoms with Gasteiger partial charge in [0.2, 0.25) is 0 Å². The van der Waals surface area contributed by atoms with E-state index in [1.54, 1.807) is 12.1 Å². The number of benzene rings is 1. The van der Waals surface area contributed by atoms with Crippen LogP contribution in [0.15, 0.2) is 24.4 Å². The highest BCUT2D eigenvalue weighted by Gasteiger charge is 2.10. The van der Waals surface area contributed by atoms with Gasteiger partial charge in [-0.15, -0.1) is 5.10 Å². The van der Waals surface area contributed by atoms with E-state index in [-0.39, 0.29) is 18.3 Å². The molecule has 1 aromatic heterocycles. The van der Waals surface area contributed by atoms with E-state index in [1.807, 2.05) is 19.9 Å². The van der Waals surface area contributed by atoms with E-state index in [1.165, 1.54) is 6.20 Å². The summed E-state index contributed by atoms with van der Waals surface area (Å²) < 4.78 is 1.14. The van der Waals surface area contributed by atoms with E-state index in [0.29, 0.717) is 5.56 Å². The van der Waals surface area contributed by atoms with Crippen LogP contribution in [0.25, 0.3) is 0 Å². The summed E-state index contributed by atoms with van der Waals surface area (Å²) in [5.41, 5.74) is 2.64. The van der Waals surface area contributed by atoms with Crippen molar-refractivity contribution in [2.75, 3.05) is 5.32 Å². The number of rotatable bonds is 4. The number of nitrogens with zero attached hydrogens (tertiary/aromatic N) is 3. The second-order valence-electron chi connectivity index (χ2n) is 4.45. The third-order valence-electron chi connectivity index (χ3n) is 2.85. The largest absolute Gasteiger partial charge is 0.480 e. The number of anilines is 1. The highest BCUT2D eigenvalue weighted by molar-refractivity contribution is 6.03. The third kappa shape index (κ3) is 3.19. The lowest BCUT2D eigenvalue weighted by Crippen LogP contribution is -2.12. The van der Waals surface area contributed by atoms with Crippen molar-refractivity contribution >= 4 is 17.7 Å². The highest BCUT2D eigenvalue weighted by atomic mass is 16.4. The smallest absolute Gasteiger partial charge is 0.325 e. The summed E-state index contributed by atoms with van der Waals surface area (Å²) in [5.74, 6) is -1.12. The number of amides is 1. The van der Waals surface area contributed by atoms with Gasteiger partial charge in [-0.2, -0.15) is 0 Å². The molecule has 0 aliphatic rings. The van der Waals surface area contributed by atoms with Gasteiger partial charge in [0, 0.05) is 5.56 Å². The number of carbonyl (C=O) groups excluding carboxylic acids is 1. The van der Waals surface area contributed by atoms with Crippen LogP contribution in [0, 0.1) is 13.8 Å². The number of carboxylic acids is 1. The Kier molecular flexibility index (Phi) is 3.79. The molecule has 2 rings (SSSR count). The van der Waals surface area contributed by atoms with Gasteiger partial charge in [0.25, 0.3) is 5.91 Å². The summed E-state index contributed by atoms with van der Waals surface area (Å²) in [6.45, 7) is 3.59. The molecule has 20 heavy (non-hydrogen) atoms. The third-order valence-corrected chi connectivity index (χ3v) is 2.85. The molecule has 0 saturated carbocycles. The minimum Gasteiger partial charge on any atom is -0.480 e. The van der Waals surface area contributed by atoms with Crippen LogP contribution in [-0.4, -0.2) is 32.0 Å². The van der Waals surface area contributed by atoms with E-state index in [0.717, 1.165) is 15.8 Å². The summed E-state index contributed by atoms with van der Waals surface area (Å²) in [7, 11) is 0. The summed E-state index contributed by atoms with van der Waals surface area (Å²) in [5, 5.41) is 18.5. The minimum atomic E-state index is -1.03. The maximum absolute atomic E-state index is 12.0. The highest BCUT2D eigenvalue weighted by Crippen LogP contribution is 2.11. The van der Waals surface area contributed by atoms with Crippen molar-refractivity contribution in [2.24, 2.45) is 0 Å². The maximum atomic E-state index is 12.0. The molecule has 0 aliphatic heterocycles. The predicted octanol–water partition coefficient (Wildman–Crippen LogP) is 1.23. The SMILES string of the molecule is Cc1ccc(C(=O)Nc2cn(CC(=O)O)nn2)cc1C. The maximum Gasteiger partial charge on any atom is 0.325 e. The Morgan fingerprint density at radius 3 is 2.70 bits per heavy atom. The van der Waals surface area contributed by atoms with Gasteiger partial charge < -0.3 is 10.4 Å². The minimum absolute atomic E-state index is 0.217. The Labute approximate surface area is 115 Å². The summed E-state index contributed by atoms with van der Waals surface area (Å²) in [6.07, 6.45) is 1.37. The zero-order chi connectivity index (χ0) is 14.7. The first-order chi connectivity index (χ1) is 9.45. The molecule has 0 bridgehead atoms. The first-order valence-corrected chi connectivity index (χ1v) is 5.96. The van der Waals surface area contributed by atoms with Crippen molar-refractivity contribution in [1.29, 1.82) is 0 Å². The molecule has 0 aliphatic carbocycles. The van der Waals surface area contributed by atoms with E-state index in [9.17, 15) is 9.59 Å². The average molecular weight is 274 g/mol. The number of nitrogens with one attached hydrogen (secondary N) is 1. The van der Waals surface area contributed by atoms with Crippen LogP contribution in [0.3, 0.4) is 0 Å². The summed E-state index contributed by atoms with van der Waals surface area (Å²) >= 11 is 0. The molecule has 2 N–H and O–H groups in total. The molecule has 7 nitrogen and oxygen atoms in total. The molecule has 104 valence electrons. The summed E-state index contributed by atoms with van der Waals surface area (Å²) in [4.78, 5) is 22.5. The first-order valence-electron chi connectivity index (χ1n) is 5.96. The van der Waals surface area contributed by atoms with Crippen molar-refractivity contribution in [3.05, 3.63) is 41.1 Å². The van der Waals surface area contributed by atoms with E-state index >= 15 is 0 Å². The molecular weight excluding hydrogens is 260 g/mol. The average Bonchev–Trinajstić information content (AvgIpc) is 2.79. The molecule has 1 aromatic carbocycles. The van der Waals surface area contributed by atoms with Gasteiger partial charge in [-0.25, -0.2) is 4.68 Å². The van der Waals surface area contributed by atoms with Crippen LogP contribution < -0.4 is 5.32 Å². The van der Waals surface area contributed by atoms with Gasteiger partial charge in [-0.3, -0.25) is 9.59 Å². The van der Waals surface area contributed by atoms with Gasteiger partial charge in [-0.1, -0.05) is 11.3 Å². The normalized spacial score (nSPS) is 10.3. The van der Waals surface area contributed by atoms with Crippen LogP contribution in [0.4, 0.5) is 5.82 Å². The van der Waals surface area contributed by atoms with Crippen LogP contribution in [0.2, 0.25) is 0 Å². The molecule has 0 atom stereocenters. The van der Waals surface area contributed by atoms with Crippen molar-refractivity contribution < 1.29 is 14.7 Å². The Bertz CT molecular complexity index is 663. The predicted molar refractivity (Wildman–Crippen MR) is 71.5 cm³/mol. The van der Waals surface area contributed by atoms with Crippen molar-refractivity contribution in [1.82, 2.24) is 15.0 Å². The van der Waals surface area contributed by atoms with Gasteiger partial charge in [0.05, 0.1) is 6.20 Å². The monoisotopic (exact) mass is 274 g/mol. The van der Waals surface area contributed by atoms with Crippen LogP contribution in [0.5, 0.6) is 0 Å². The molecular formula is C13H14N4O3. The summed E-state index contributed by atoms with van der Waals surface area (Å²) in [6, 6.07) is 5.37. The standard InChI is InChI=1S/C13H14N4O3/c1-8-3-4-10(5-9(8)2)13(20)14-11-6-17(16-15-11)7-12(18)19/h3-6H,7H2,1-2H3,(H,14,20)(H,18,19). The molecule has 0 spiro atoms. The zero-order valence-corrected chi connectivity index (χ0v) is 11.1. The van der Waals surface area contributed by atoms with Gasteiger partial charge >= 0.3 is 5.97 Å². The van der Waals surface area contributed by atoms with Gasteiger partial charge in [0.15, 0.2) is 5.82 Å². The lowest BCUT2D eigenvalue weighted by Gasteiger charge is -2.04. The fraction of sp³-hybridized carbons (Fsp3) is 0.231. The Morgan fingerprint density at radius 2 is 2.05 bits per heavy atom. The zero-order valence-electron chi connectivity index (χ0n) is 11.1. The van der Waals surface area contributed by atoms with E-state index in [2.05, 4.69) is 15.6 Å². The van der Waals surface area contributed by atoms with Crippen molar-refractivity contribution in [2.45, 2.75) is 20.4 Å². The fourth-order valence-electron chi connectivity index (χ4n) is 1.64. The van der Waals surface area contributed by atoms with E-state index < -0.39 is 5.97 Å². The molecule has 7 heteroatoms. The Morgan fingerprint density at radius 1 is 1.30 bits per heavy atom. The number of carboxylic acid groups (broad SMARTS) is 1. The molecule has 1 amide bonds. The molecule has 0 fully saturated rings.